The number of nitrogens with one attached hydrogen (secondary N) is 1. The van der Waals surface area contributed by atoms with E-state index >= 15 is 0 Å². The minimum Gasteiger partial charge on any atom is -0.489 e. The van der Waals surface area contributed by atoms with Crippen LogP contribution in [0.3, 0.4) is 0 Å². The van der Waals surface area contributed by atoms with Crippen LogP contribution < -0.4 is 15.0 Å². The van der Waals surface area contributed by atoms with Gasteiger partial charge in [0.05, 0.1) is 42.0 Å². The van der Waals surface area contributed by atoms with Crippen LogP contribution in [0.15, 0.2) is 41.7 Å². The predicted octanol–water partition coefficient (Wildman–Crippen LogP) is 2.14. The van der Waals surface area contributed by atoms with Crippen LogP contribution >= 0.6 is 0 Å². The molecule has 184 valence electrons. The van der Waals surface area contributed by atoms with Crippen LogP contribution in [0.25, 0.3) is 0 Å². The van der Waals surface area contributed by atoms with Crippen LogP contribution in [-0.2, 0) is 19.6 Å². The lowest BCUT2D eigenvalue weighted by molar-refractivity contribution is -0.120. The van der Waals surface area contributed by atoms with Crippen molar-refractivity contribution in [3.8, 4) is 5.75 Å². The van der Waals surface area contributed by atoms with Gasteiger partial charge in [-0.2, -0.15) is 4.31 Å². The fourth-order valence-electron chi connectivity index (χ4n) is 4.15. The SMILES string of the molecule is CC(C)Oc1ccc(S(=O)(=O)N2CCOCC2)cc1NC(=O)[C@@H]1CCCN(c2cnccn2)C1. The fourth-order valence-corrected chi connectivity index (χ4v) is 5.58. The number of piperidine rings is 1. The second kappa shape index (κ2) is 10.7. The molecule has 0 bridgehead atoms. The molecular weight excluding hydrogens is 458 g/mol. The van der Waals surface area contributed by atoms with Gasteiger partial charge in [0.2, 0.25) is 15.9 Å². The summed E-state index contributed by atoms with van der Waals surface area (Å²) in [5, 5.41) is 2.94. The van der Waals surface area contributed by atoms with Gasteiger partial charge in [-0.3, -0.25) is 9.78 Å². The molecule has 0 unspecified atom stereocenters. The Labute approximate surface area is 200 Å². The van der Waals surface area contributed by atoms with Crippen molar-refractivity contribution in [3.63, 3.8) is 0 Å². The van der Waals surface area contributed by atoms with Crippen LogP contribution in [-0.4, -0.2) is 74.1 Å². The molecule has 0 aliphatic carbocycles. The zero-order chi connectivity index (χ0) is 24.1. The molecule has 10 nitrogen and oxygen atoms in total. The zero-order valence-electron chi connectivity index (χ0n) is 19.5. The number of aromatic nitrogens is 2. The lowest BCUT2D eigenvalue weighted by Crippen LogP contribution is -2.41. The summed E-state index contributed by atoms with van der Waals surface area (Å²) >= 11 is 0. The largest absolute Gasteiger partial charge is 0.489 e. The molecule has 1 aromatic carbocycles. The molecule has 1 atom stereocenters. The van der Waals surface area contributed by atoms with E-state index in [9.17, 15) is 13.2 Å². The standard InChI is InChI=1S/C23H31N5O5S/c1-17(2)33-21-6-5-19(34(30,31)28-10-12-32-13-11-28)14-20(21)26-23(29)18-4-3-9-27(16-18)22-15-24-7-8-25-22/h5-8,14-15,17-18H,3-4,9-13,16H2,1-2H3,(H,26,29)/t18-/m1/s1. The summed E-state index contributed by atoms with van der Waals surface area (Å²) in [7, 11) is -3.71. The molecule has 2 saturated heterocycles. The third kappa shape index (κ3) is 5.65. The Balaban J connectivity index is 1.55. The highest BCUT2D eigenvalue weighted by Gasteiger charge is 2.30. The van der Waals surface area contributed by atoms with E-state index in [-0.39, 0.29) is 22.8 Å². The Hall–Kier alpha value is -2.76. The van der Waals surface area contributed by atoms with Crippen LogP contribution in [0.2, 0.25) is 0 Å². The third-order valence-corrected chi connectivity index (χ3v) is 7.74. The van der Waals surface area contributed by atoms with E-state index < -0.39 is 10.0 Å². The second-order valence-electron chi connectivity index (χ2n) is 8.68. The average molecular weight is 490 g/mol. The molecule has 0 radical (unpaired) electrons. The third-order valence-electron chi connectivity index (χ3n) is 5.85. The molecule has 0 spiro atoms. The summed E-state index contributed by atoms with van der Waals surface area (Å²) in [6.45, 7) is 6.40. The summed E-state index contributed by atoms with van der Waals surface area (Å²) in [5.41, 5.74) is 0.352. The topological polar surface area (TPSA) is 114 Å². The number of hydrogen-bond acceptors (Lipinski definition) is 8. The highest BCUT2D eigenvalue weighted by atomic mass is 32.2. The molecule has 2 aliphatic heterocycles. The van der Waals surface area contributed by atoms with E-state index in [2.05, 4.69) is 15.3 Å². The number of morpholine rings is 1. The summed E-state index contributed by atoms with van der Waals surface area (Å²) in [6.07, 6.45) is 6.37. The van der Waals surface area contributed by atoms with E-state index in [1.807, 2.05) is 18.7 Å². The number of rotatable bonds is 7. The number of nitrogens with zero attached hydrogens (tertiary/aromatic N) is 4. The molecular formula is C23H31N5O5S. The van der Waals surface area contributed by atoms with Gasteiger partial charge in [-0.15, -0.1) is 0 Å². The number of carbonyl (C=O) groups excluding carboxylic acids is 1. The van der Waals surface area contributed by atoms with Gasteiger partial charge in [0.25, 0.3) is 0 Å². The first kappa shape index (κ1) is 24.4. The molecule has 2 fully saturated rings. The number of carbonyl (C=O) groups is 1. The number of hydrogen-bond donors (Lipinski definition) is 1. The fraction of sp³-hybridized carbons (Fsp3) is 0.522. The normalized spacial score (nSPS) is 19.7. The summed E-state index contributed by atoms with van der Waals surface area (Å²) < 4.78 is 38.9. The molecule has 3 heterocycles. The average Bonchev–Trinajstić information content (AvgIpc) is 2.86. The molecule has 1 amide bonds. The van der Waals surface area contributed by atoms with E-state index in [0.717, 1.165) is 25.2 Å². The molecule has 1 N–H and O–H groups in total. The number of ether oxygens (including phenoxy) is 2. The Morgan fingerprint density at radius 3 is 2.71 bits per heavy atom. The van der Waals surface area contributed by atoms with Crippen LogP contribution in [0, 0.1) is 5.92 Å². The number of sulfonamides is 1. The second-order valence-corrected chi connectivity index (χ2v) is 10.6. The van der Waals surface area contributed by atoms with Crippen molar-refractivity contribution < 1.29 is 22.7 Å². The van der Waals surface area contributed by atoms with Crippen molar-refractivity contribution in [2.75, 3.05) is 49.6 Å². The molecule has 11 heteroatoms. The Bertz CT molecular complexity index is 1090. The van der Waals surface area contributed by atoms with Gasteiger partial charge in [-0.1, -0.05) is 0 Å². The lowest BCUT2D eigenvalue weighted by atomic mass is 9.97. The highest BCUT2D eigenvalue weighted by Crippen LogP contribution is 2.31. The molecule has 1 aromatic heterocycles. The van der Waals surface area contributed by atoms with Crippen molar-refractivity contribution in [2.24, 2.45) is 5.92 Å². The van der Waals surface area contributed by atoms with Crippen molar-refractivity contribution in [1.82, 2.24) is 14.3 Å². The maximum atomic E-state index is 13.2. The van der Waals surface area contributed by atoms with Gasteiger partial charge in [0.15, 0.2) is 0 Å². The van der Waals surface area contributed by atoms with Gasteiger partial charge in [-0.05, 0) is 44.9 Å². The smallest absolute Gasteiger partial charge is 0.243 e. The first-order valence-corrected chi connectivity index (χ1v) is 13.0. The minimum absolute atomic E-state index is 0.116. The summed E-state index contributed by atoms with van der Waals surface area (Å²) in [4.78, 5) is 23.9. The Morgan fingerprint density at radius 2 is 2.00 bits per heavy atom. The number of benzene rings is 1. The molecule has 2 aromatic rings. The monoisotopic (exact) mass is 489 g/mol. The van der Waals surface area contributed by atoms with Crippen molar-refractivity contribution in [2.45, 2.75) is 37.7 Å². The predicted molar refractivity (Wildman–Crippen MR) is 127 cm³/mol. The van der Waals surface area contributed by atoms with Gasteiger partial charge in [0, 0.05) is 38.6 Å². The zero-order valence-corrected chi connectivity index (χ0v) is 20.3. The van der Waals surface area contributed by atoms with E-state index in [4.69, 9.17) is 9.47 Å². The van der Waals surface area contributed by atoms with Crippen molar-refractivity contribution in [1.29, 1.82) is 0 Å². The molecule has 34 heavy (non-hydrogen) atoms. The van der Waals surface area contributed by atoms with Crippen molar-refractivity contribution in [3.05, 3.63) is 36.8 Å². The number of amides is 1. The summed E-state index contributed by atoms with van der Waals surface area (Å²) in [5.74, 6) is 0.721. The van der Waals surface area contributed by atoms with Crippen LogP contribution in [0.5, 0.6) is 5.75 Å². The minimum atomic E-state index is -3.71. The molecule has 2 aliphatic rings. The highest BCUT2D eigenvalue weighted by molar-refractivity contribution is 7.89. The van der Waals surface area contributed by atoms with E-state index in [1.165, 1.54) is 16.4 Å². The molecule has 0 saturated carbocycles. The summed E-state index contributed by atoms with van der Waals surface area (Å²) in [6, 6.07) is 4.62. The lowest BCUT2D eigenvalue weighted by Gasteiger charge is -2.32. The Morgan fingerprint density at radius 1 is 1.21 bits per heavy atom. The van der Waals surface area contributed by atoms with Gasteiger partial charge in [0.1, 0.15) is 11.6 Å². The maximum Gasteiger partial charge on any atom is 0.243 e. The first-order valence-electron chi connectivity index (χ1n) is 11.5. The van der Waals surface area contributed by atoms with Crippen LogP contribution in [0.1, 0.15) is 26.7 Å². The van der Waals surface area contributed by atoms with E-state index in [1.54, 1.807) is 24.7 Å². The molecule has 4 rings (SSSR count). The van der Waals surface area contributed by atoms with E-state index in [0.29, 0.717) is 44.3 Å². The quantitative estimate of drug-likeness (QED) is 0.629. The van der Waals surface area contributed by atoms with Gasteiger partial charge >= 0.3 is 0 Å². The van der Waals surface area contributed by atoms with Gasteiger partial charge < -0.3 is 19.7 Å². The number of anilines is 2. The maximum absolute atomic E-state index is 13.2. The first-order chi connectivity index (χ1) is 16.3. The van der Waals surface area contributed by atoms with Crippen molar-refractivity contribution >= 4 is 27.4 Å². The Kier molecular flexibility index (Phi) is 7.64. The van der Waals surface area contributed by atoms with Gasteiger partial charge in [-0.25, -0.2) is 13.4 Å². The van der Waals surface area contributed by atoms with Crippen LogP contribution in [0.4, 0.5) is 11.5 Å².